The molecule has 0 aliphatic heterocycles. The van der Waals surface area contributed by atoms with Crippen molar-refractivity contribution in [2.45, 2.75) is 18.0 Å². The Kier molecular flexibility index (Phi) is 4.40. The number of hydrogen-bond acceptors (Lipinski definition) is 6. The molecular weight excluding hydrogens is 373 g/mol. The van der Waals surface area contributed by atoms with Crippen LogP contribution in [0.2, 0.25) is 0 Å². The highest BCUT2D eigenvalue weighted by molar-refractivity contribution is 7.87. The molecule has 0 saturated carbocycles. The van der Waals surface area contributed by atoms with Crippen molar-refractivity contribution >= 4 is 10.1 Å². The molecule has 0 N–H and O–H groups in total. The Morgan fingerprint density at radius 3 is 2.35 bits per heavy atom. The summed E-state index contributed by atoms with van der Waals surface area (Å²) in [6, 6.07) is 8.38. The molecule has 0 atom stereocenters. The maximum Gasteiger partial charge on any atom is 0.416 e. The number of nitrogens with zero attached hydrogens (tertiary/aromatic N) is 4. The lowest BCUT2D eigenvalue weighted by Gasteiger charge is -2.13. The number of hydrogen-bond donors (Lipinski definition) is 0. The number of tetrazole rings is 1. The van der Waals surface area contributed by atoms with Crippen molar-refractivity contribution in [2.75, 3.05) is 0 Å². The monoisotopic (exact) mass is 384 g/mol. The lowest BCUT2D eigenvalue weighted by molar-refractivity contribution is -0.138. The van der Waals surface area contributed by atoms with Gasteiger partial charge in [0.1, 0.15) is 17.0 Å². The van der Waals surface area contributed by atoms with Gasteiger partial charge in [-0.2, -0.15) is 21.6 Å². The second kappa shape index (κ2) is 6.41. The molecule has 0 bridgehead atoms. The number of halogens is 3. The van der Waals surface area contributed by atoms with E-state index in [9.17, 15) is 21.6 Å². The lowest BCUT2D eigenvalue weighted by Crippen LogP contribution is -2.13. The van der Waals surface area contributed by atoms with Gasteiger partial charge in [-0.3, -0.25) is 0 Å². The van der Waals surface area contributed by atoms with E-state index in [0.717, 1.165) is 12.1 Å². The van der Waals surface area contributed by atoms with Gasteiger partial charge in [-0.05, 0) is 59.3 Å². The summed E-state index contributed by atoms with van der Waals surface area (Å²) in [7, 11) is -4.43. The summed E-state index contributed by atoms with van der Waals surface area (Å²) in [5, 5.41) is 10.6. The Labute approximate surface area is 146 Å². The fraction of sp³-hybridized carbons (Fsp3) is 0.133. The first-order chi connectivity index (χ1) is 12.2. The largest absolute Gasteiger partial charge is 0.416 e. The van der Waals surface area contributed by atoms with Crippen LogP contribution in [-0.4, -0.2) is 28.6 Å². The Bertz CT molecular complexity index is 1020. The van der Waals surface area contributed by atoms with Crippen LogP contribution in [0.5, 0.6) is 5.75 Å². The summed E-state index contributed by atoms with van der Waals surface area (Å²) in [5.41, 5.74) is -0.562. The van der Waals surface area contributed by atoms with Gasteiger partial charge in [0.25, 0.3) is 0 Å². The molecule has 3 aromatic rings. The third-order valence-electron chi connectivity index (χ3n) is 3.46. The van der Waals surface area contributed by atoms with Crippen molar-refractivity contribution < 1.29 is 25.8 Å². The topological polar surface area (TPSA) is 87.0 Å². The maximum atomic E-state index is 13.0. The molecule has 2 aromatic carbocycles. The molecule has 7 nitrogen and oxygen atoms in total. The fourth-order valence-electron chi connectivity index (χ4n) is 2.17. The van der Waals surface area contributed by atoms with E-state index in [1.54, 1.807) is 0 Å². The van der Waals surface area contributed by atoms with E-state index in [1.807, 2.05) is 0 Å². The van der Waals surface area contributed by atoms with Gasteiger partial charge in [-0.15, -0.1) is 5.10 Å². The van der Waals surface area contributed by atoms with E-state index >= 15 is 0 Å². The van der Waals surface area contributed by atoms with E-state index < -0.39 is 26.8 Å². The second-order valence-corrected chi connectivity index (χ2v) is 6.81. The van der Waals surface area contributed by atoms with E-state index in [2.05, 4.69) is 15.5 Å². The summed E-state index contributed by atoms with van der Waals surface area (Å²) < 4.78 is 69.7. The molecule has 0 aliphatic rings. The average Bonchev–Trinajstić information content (AvgIpc) is 3.09. The number of alkyl halides is 3. The quantitative estimate of drug-likeness (QED) is 0.643. The van der Waals surface area contributed by atoms with Crippen molar-refractivity contribution in [1.82, 2.24) is 20.2 Å². The van der Waals surface area contributed by atoms with Gasteiger partial charge in [0.05, 0.1) is 11.3 Å². The normalized spacial score (nSPS) is 12.2. The summed E-state index contributed by atoms with van der Waals surface area (Å²) in [5.74, 6) is -0.0593. The highest BCUT2D eigenvalue weighted by atomic mass is 32.2. The van der Waals surface area contributed by atoms with Crippen LogP contribution in [0.3, 0.4) is 0 Å². The van der Waals surface area contributed by atoms with E-state index in [4.69, 9.17) is 4.18 Å². The molecule has 0 radical (unpaired) electrons. The van der Waals surface area contributed by atoms with Crippen LogP contribution in [0.1, 0.15) is 11.1 Å². The van der Waals surface area contributed by atoms with Crippen molar-refractivity contribution in [2.24, 2.45) is 0 Å². The summed E-state index contributed by atoms with van der Waals surface area (Å²) in [4.78, 5) is -0.583. The second-order valence-electron chi connectivity index (χ2n) is 5.26. The Morgan fingerprint density at radius 2 is 1.77 bits per heavy atom. The van der Waals surface area contributed by atoms with E-state index in [-0.39, 0.29) is 11.3 Å². The number of aryl methyl sites for hydroxylation is 1. The molecule has 26 heavy (non-hydrogen) atoms. The summed E-state index contributed by atoms with van der Waals surface area (Å²) in [6.07, 6.45) is -3.32. The van der Waals surface area contributed by atoms with Crippen molar-refractivity contribution in [3.05, 3.63) is 59.9 Å². The van der Waals surface area contributed by atoms with Crippen molar-refractivity contribution in [3.63, 3.8) is 0 Å². The number of aromatic nitrogens is 4. The number of rotatable bonds is 4. The molecule has 11 heteroatoms. The van der Waals surface area contributed by atoms with Gasteiger partial charge >= 0.3 is 16.3 Å². The first-order valence-corrected chi connectivity index (χ1v) is 8.53. The molecule has 1 aromatic heterocycles. The first kappa shape index (κ1) is 17.9. The SMILES string of the molecule is Cc1ccc(S(=O)(=O)Oc2ccc(-n3cnnn3)cc2)cc1C(F)(F)F. The van der Waals surface area contributed by atoms with Crippen LogP contribution in [0.15, 0.2) is 53.7 Å². The third-order valence-corrected chi connectivity index (χ3v) is 4.70. The number of benzene rings is 2. The van der Waals surface area contributed by atoms with Gasteiger partial charge in [0, 0.05) is 0 Å². The van der Waals surface area contributed by atoms with E-state index in [1.165, 1.54) is 42.2 Å². The molecule has 1 heterocycles. The smallest absolute Gasteiger partial charge is 0.379 e. The molecule has 0 amide bonds. The zero-order chi connectivity index (χ0) is 18.9. The zero-order valence-corrected chi connectivity index (χ0v) is 14.0. The van der Waals surface area contributed by atoms with Crippen LogP contribution in [-0.2, 0) is 16.3 Å². The highest BCUT2D eigenvalue weighted by Gasteiger charge is 2.34. The third kappa shape index (κ3) is 3.67. The maximum absolute atomic E-state index is 13.0. The highest BCUT2D eigenvalue weighted by Crippen LogP contribution is 2.33. The van der Waals surface area contributed by atoms with Crippen LogP contribution in [0, 0.1) is 6.92 Å². The van der Waals surface area contributed by atoms with Gasteiger partial charge in [0.15, 0.2) is 0 Å². The summed E-state index contributed by atoms with van der Waals surface area (Å²) >= 11 is 0. The van der Waals surface area contributed by atoms with Gasteiger partial charge < -0.3 is 4.18 Å². The lowest BCUT2D eigenvalue weighted by atomic mass is 10.1. The predicted molar refractivity (Wildman–Crippen MR) is 83.1 cm³/mol. The standard InChI is InChI=1S/C15H11F3N4O3S/c1-10-2-7-13(8-14(10)15(16,17)18)26(23,24)25-12-5-3-11(4-6-12)22-9-19-20-21-22/h2-9H,1H3. The van der Waals surface area contributed by atoms with Crippen LogP contribution in [0.25, 0.3) is 5.69 Å². The summed E-state index contributed by atoms with van der Waals surface area (Å²) in [6.45, 7) is 1.25. The minimum atomic E-state index is -4.66. The molecule has 0 fully saturated rings. The fourth-order valence-corrected chi connectivity index (χ4v) is 3.13. The van der Waals surface area contributed by atoms with Gasteiger partial charge in [-0.25, -0.2) is 4.68 Å². The van der Waals surface area contributed by atoms with E-state index in [0.29, 0.717) is 11.8 Å². The van der Waals surface area contributed by atoms with Crippen LogP contribution in [0.4, 0.5) is 13.2 Å². The minimum absolute atomic E-state index is 0.0593. The van der Waals surface area contributed by atoms with Crippen LogP contribution >= 0.6 is 0 Å². The van der Waals surface area contributed by atoms with Crippen LogP contribution < -0.4 is 4.18 Å². The molecule has 0 spiro atoms. The van der Waals surface area contributed by atoms with Crippen molar-refractivity contribution in [1.29, 1.82) is 0 Å². The van der Waals surface area contributed by atoms with Gasteiger partial charge in [0.2, 0.25) is 0 Å². The minimum Gasteiger partial charge on any atom is -0.379 e. The Balaban J connectivity index is 1.87. The molecule has 0 aliphatic carbocycles. The molecule has 0 unspecified atom stereocenters. The Morgan fingerprint density at radius 1 is 1.08 bits per heavy atom. The van der Waals surface area contributed by atoms with Gasteiger partial charge in [-0.1, -0.05) is 6.07 Å². The predicted octanol–water partition coefficient (Wildman–Crippen LogP) is 2.76. The van der Waals surface area contributed by atoms with Crippen molar-refractivity contribution in [3.8, 4) is 11.4 Å². The Hall–Kier alpha value is -2.95. The zero-order valence-electron chi connectivity index (χ0n) is 13.2. The average molecular weight is 384 g/mol. The molecular formula is C15H11F3N4O3S. The molecule has 136 valence electrons. The molecule has 3 rings (SSSR count). The first-order valence-electron chi connectivity index (χ1n) is 7.12. The molecule has 0 saturated heterocycles.